The van der Waals surface area contributed by atoms with Crippen LogP contribution in [-0.4, -0.2) is 135 Å². The smallest absolute Gasteiger partial charge is 0.326 e. The Morgan fingerprint density at radius 3 is 1.78 bits per heavy atom. The van der Waals surface area contributed by atoms with Crippen LogP contribution in [0.25, 0.3) is 10.9 Å². The van der Waals surface area contributed by atoms with Crippen molar-refractivity contribution in [3.8, 4) is 0 Å². The van der Waals surface area contributed by atoms with Crippen molar-refractivity contribution in [3.05, 3.63) is 36.0 Å². The Labute approximate surface area is 394 Å². The van der Waals surface area contributed by atoms with Crippen LogP contribution < -0.4 is 31.9 Å². The van der Waals surface area contributed by atoms with E-state index in [4.69, 9.17) is 0 Å². The van der Waals surface area contributed by atoms with Gasteiger partial charge in [-0.05, 0) is 86.8 Å². The number of fused-ring (bicyclic) bond motifs is 1. The van der Waals surface area contributed by atoms with Crippen LogP contribution in [0.1, 0.15) is 119 Å². The third-order valence-corrected chi connectivity index (χ3v) is 13.9. The molecule has 1 aromatic heterocycles. The second kappa shape index (κ2) is 24.0. The predicted octanol–water partition coefficient (Wildman–Crippen LogP) is 2.75. The molecule has 3 saturated heterocycles. The van der Waals surface area contributed by atoms with Gasteiger partial charge in [-0.3, -0.25) is 33.6 Å². The fraction of sp³-hybridized carbons (Fsp3) is 0.673. The number of likely N-dealkylation sites (tertiary alicyclic amines) is 2. The number of hydrogen-bond acceptors (Lipinski definition) is 9. The highest BCUT2D eigenvalue weighted by Crippen LogP contribution is 2.26. The molecule has 67 heavy (non-hydrogen) atoms. The van der Waals surface area contributed by atoms with Crippen LogP contribution in [0.4, 0.5) is 0 Å². The van der Waals surface area contributed by atoms with Crippen molar-refractivity contribution in [2.45, 2.75) is 168 Å². The number of nitrogens with zero attached hydrogens (tertiary/aromatic N) is 2. The molecule has 0 saturated carbocycles. The van der Waals surface area contributed by atoms with Crippen molar-refractivity contribution in [1.82, 2.24) is 46.7 Å². The average molecular weight is 934 g/mol. The molecule has 8 N–H and O–H groups in total. The molecule has 3 aliphatic rings. The summed E-state index contributed by atoms with van der Waals surface area (Å²) in [6.45, 7) is 16.2. The van der Waals surface area contributed by atoms with E-state index in [0.717, 1.165) is 29.4 Å². The average Bonchev–Trinajstić information content (AvgIpc) is 4.15. The Kier molecular flexibility index (Phi) is 18.8. The van der Waals surface area contributed by atoms with Crippen LogP contribution in [0.3, 0.4) is 0 Å². The normalized spacial score (nSPS) is 21.6. The lowest BCUT2D eigenvalue weighted by atomic mass is 9.95. The Balaban J connectivity index is 1.26. The number of benzene rings is 1. The number of aromatic amines is 1. The van der Waals surface area contributed by atoms with Gasteiger partial charge in [0.05, 0.1) is 6.04 Å². The van der Waals surface area contributed by atoms with E-state index in [1.54, 1.807) is 6.20 Å². The predicted molar refractivity (Wildman–Crippen MR) is 253 cm³/mol. The minimum absolute atomic E-state index is 0.0149. The van der Waals surface area contributed by atoms with Crippen molar-refractivity contribution in [2.24, 2.45) is 23.7 Å². The maximum atomic E-state index is 14.5. The molecule has 370 valence electrons. The van der Waals surface area contributed by atoms with Gasteiger partial charge < -0.3 is 51.8 Å². The van der Waals surface area contributed by atoms with Crippen molar-refractivity contribution < 1.29 is 43.5 Å². The van der Waals surface area contributed by atoms with Gasteiger partial charge in [-0.2, -0.15) is 0 Å². The molecule has 3 aliphatic heterocycles. The summed E-state index contributed by atoms with van der Waals surface area (Å²) in [4.78, 5) is 117. The fourth-order valence-electron chi connectivity index (χ4n) is 9.48. The summed E-state index contributed by atoms with van der Waals surface area (Å²) in [6.07, 6.45) is 6.26. The third kappa shape index (κ3) is 13.1. The van der Waals surface area contributed by atoms with Crippen molar-refractivity contribution in [1.29, 1.82) is 0 Å². The minimum atomic E-state index is -1.27. The second-order valence-corrected chi connectivity index (χ2v) is 19.7. The van der Waals surface area contributed by atoms with Crippen molar-refractivity contribution in [3.63, 3.8) is 0 Å². The molecule has 18 nitrogen and oxygen atoms in total. The highest BCUT2D eigenvalue weighted by Gasteiger charge is 2.44. The van der Waals surface area contributed by atoms with Gasteiger partial charge in [-0.1, -0.05) is 86.4 Å². The minimum Gasteiger partial charge on any atom is -0.480 e. The van der Waals surface area contributed by atoms with E-state index < -0.39 is 83.7 Å². The van der Waals surface area contributed by atoms with Crippen LogP contribution in [0, 0.1) is 23.7 Å². The topological polar surface area (TPSA) is 251 Å². The Hall–Kier alpha value is -5.52. The molecule has 0 unspecified atom stereocenters. The first-order valence-electron chi connectivity index (χ1n) is 24.5. The standard InChI is InChI=1S/C49H75N9O9/c1-9-29(7)40(55-45(62)38-20-15-23-58(38)48(65)41(30(8)10-2)56-46(63)39(28(5)6)54-42(59)34-18-13-21-50-34)47(64)57-22-14-19-37(57)44(61)52-35(24-27(3)4)43(60)53-36(49(66)67)25-31-26-51-33-17-12-11-16-32(31)33/h11-12,16-17,26-30,34-41,50-51H,9-10,13-15,18-25H2,1-8H3,(H,52,61)(H,53,60)(H,54,59)(H,55,62)(H,56,63)(H,66,67)/t29-,30-,34-,35-,36-,37-,38-,39-,40-,41-/m0/s1. The molecule has 1 aromatic carbocycles. The zero-order chi connectivity index (χ0) is 49.1. The zero-order valence-corrected chi connectivity index (χ0v) is 40.6. The number of para-hydroxylation sites is 1. The lowest BCUT2D eigenvalue weighted by Crippen LogP contribution is -2.61. The number of carbonyl (C=O) groups is 8. The van der Waals surface area contributed by atoms with Crippen LogP contribution in [0.15, 0.2) is 30.5 Å². The number of carboxylic acids is 1. The maximum absolute atomic E-state index is 14.5. The summed E-state index contributed by atoms with van der Waals surface area (Å²) in [5.41, 5.74) is 1.56. The number of aliphatic carboxylic acids is 1. The Morgan fingerprint density at radius 1 is 0.672 bits per heavy atom. The maximum Gasteiger partial charge on any atom is 0.326 e. The van der Waals surface area contributed by atoms with E-state index >= 15 is 0 Å². The molecule has 0 bridgehead atoms. The number of rotatable bonds is 22. The van der Waals surface area contributed by atoms with Crippen LogP contribution in [-0.2, 0) is 44.8 Å². The van der Waals surface area contributed by atoms with Crippen LogP contribution in [0.2, 0.25) is 0 Å². The van der Waals surface area contributed by atoms with Gasteiger partial charge in [0.15, 0.2) is 0 Å². The number of carbonyl (C=O) groups excluding carboxylic acids is 7. The lowest BCUT2D eigenvalue weighted by Gasteiger charge is -2.35. The van der Waals surface area contributed by atoms with E-state index in [1.165, 1.54) is 9.80 Å². The number of amides is 7. The van der Waals surface area contributed by atoms with Crippen LogP contribution in [0.5, 0.6) is 0 Å². The molecule has 2 aromatic rings. The molecular formula is C49H75N9O9. The molecule has 0 aliphatic carbocycles. The summed E-state index contributed by atoms with van der Waals surface area (Å²) < 4.78 is 0. The zero-order valence-electron chi connectivity index (χ0n) is 40.6. The van der Waals surface area contributed by atoms with Gasteiger partial charge in [0.25, 0.3) is 0 Å². The Bertz CT molecular complexity index is 2080. The molecule has 7 amide bonds. The summed E-state index contributed by atoms with van der Waals surface area (Å²) in [7, 11) is 0. The number of nitrogens with one attached hydrogen (secondary N) is 7. The van der Waals surface area contributed by atoms with Gasteiger partial charge in [0.1, 0.15) is 42.3 Å². The van der Waals surface area contributed by atoms with E-state index in [2.05, 4.69) is 36.9 Å². The number of hydrogen-bond donors (Lipinski definition) is 8. The van der Waals surface area contributed by atoms with Gasteiger partial charge in [0, 0.05) is 36.6 Å². The molecule has 5 rings (SSSR count). The van der Waals surface area contributed by atoms with E-state index in [9.17, 15) is 43.5 Å². The first kappa shape index (κ1) is 52.4. The number of aromatic nitrogens is 1. The molecule has 3 fully saturated rings. The van der Waals surface area contributed by atoms with Crippen LogP contribution >= 0.6 is 0 Å². The van der Waals surface area contributed by atoms with E-state index in [0.29, 0.717) is 44.9 Å². The largest absolute Gasteiger partial charge is 0.480 e. The lowest BCUT2D eigenvalue weighted by molar-refractivity contribution is -0.146. The second-order valence-electron chi connectivity index (χ2n) is 19.7. The number of carboxylic acid groups (broad SMARTS) is 1. The first-order chi connectivity index (χ1) is 31.9. The first-order valence-corrected chi connectivity index (χ1v) is 24.5. The highest BCUT2D eigenvalue weighted by atomic mass is 16.4. The van der Waals surface area contributed by atoms with E-state index in [-0.39, 0.29) is 61.6 Å². The van der Waals surface area contributed by atoms with Gasteiger partial charge in [-0.25, -0.2) is 4.79 Å². The van der Waals surface area contributed by atoms with E-state index in [1.807, 2.05) is 79.7 Å². The van der Waals surface area contributed by atoms with Gasteiger partial charge in [-0.15, -0.1) is 0 Å². The molecule has 18 heteroatoms. The number of H-pyrrole nitrogens is 1. The van der Waals surface area contributed by atoms with Crippen molar-refractivity contribution >= 4 is 58.2 Å². The quantitative estimate of drug-likeness (QED) is 0.0858. The molecular weight excluding hydrogens is 859 g/mol. The summed E-state index contributed by atoms with van der Waals surface area (Å²) in [6, 6.07) is -0.0234. The SMILES string of the molecule is CC[C@H](C)[C@H](NC(=O)[C@@H](NC(=O)[C@@H]1CCCN1)C(C)C)C(=O)N1CCC[C@H]1C(=O)N[C@H](C(=O)N1CCC[C@H]1C(=O)N[C@@H](CC(C)C)C(=O)N[C@@H](Cc1c[nH]c2ccccc12)C(=O)O)[C@@H](C)CC. The van der Waals surface area contributed by atoms with Gasteiger partial charge >= 0.3 is 5.97 Å². The fourth-order valence-corrected chi connectivity index (χ4v) is 9.48. The Morgan fingerprint density at radius 2 is 1.24 bits per heavy atom. The van der Waals surface area contributed by atoms with Crippen molar-refractivity contribution in [2.75, 3.05) is 19.6 Å². The highest BCUT2D eigenvalue weighted by molar-refractivity contribution is 5.98. The molecule has 0 radical (unpaired) electrons. The van der Waals surface area contributed by atoms with Gasteiger partial charge in [0.2, 0.25) is 41.4 Å². The monoisotopic (exact) mass is 934 g/mol. The molecule has 0 spiro atoms. The third-order valence-electron chi connectivity index (χ3n) is 13.9. The summed E-state index contributed by atoms with van der Waals surface area (Å²) >= 11 is 0. The summed E-state index contributed by atoms with van der Waals surface area (Å²) in [5.74, 6) is -5.52. The summed E-state index contributed by atoms with van der Waals surface area (Å²) in [5, 5.41) is 28.4. The molecule has 4 heterocycles. The molecule has 10 atom stereocenters.